The number of carbonyl (C=O) groups excluding carboxylic acids is 2. The molecule has 4 atom stereocenters. The Morgan fingerprint density at radius 3 is 2.48 bits per heavy atom. The Kier molecular flexibility index (Phi) is 5.16. The summed E-state index contributed by atoms with van der Waals surface area (Å²) in [5.41, 5.74) is 6.08. The Balaban J connectivity index is 1.76. The minimum Gasteiger partial charge on any atom is -0.490 e. The normalized spacial score (nSPS) is 27.1. The van der Waals surface area contributed by atoms with Crippen molar-refractivity contribution in [2.45, 2.75) is 39.2 Å². The monoisotopic (exact) mass is 346 g/mol. The molecule has 3 rings (SSSR count). The fourth-order valence-electron chi connectivity index (χ4n) is 4.34. The molecule has 0 unspecified atom stereocenters. The molecule has 0 saturated heterocycles. The zero-order chi connectivity index (χ0) is 18.0. The molecule has 0 aromatic heterocycles. The van der Waals surface area contributed by atoms with Crippen LogP contribution in [0.1, 0.15) is 43.5 Å². The first kappa shape index (κ1) is 17.6. The fourth-order valence-corrected chi connectivity index (χ4v) is 4.34. The number of amides is 2. The number of primary amides is 1. The lowest BCUT2D eigenvalue weighted by molar-refractivity contribution is -0.124. The highest BCUT2D eigenvalue weighted by molar-refractivity contribution is 5.95. The first-order chi connectivity index (χ1) is 12.0. The van der Waals surface area contributed by atoms with E-state index >= 15 is 0 Å². The van der Waals surface area contributed by atoms with Crippen molar-refractivity contribution in [2.75, 3.05) is 13.2 Å². The van der Waals surface area contributed by atoms with Crippen LogP contribution in [0, 0.1) is 17.8 Å². The molecule has 0 aliphatic heterocycles. The highest BCUT2D eigenvalue weighted by atomic mass is 16.5. The van der Waals surface area contributed by atoms with Crippen LogP contribution in [0.15, 0.2) is 18.2 Å². The molecule has 0 spiro atoms. The molecule has 2 bridgehead atoms. The highest BCUT2D eigenvalue weighted by Crippen LogP contribution is 2.48. The maximum Gasteiger partial charge on any atom is 0.251 e. The van der Waals surface area contributed by atoms with Crippen molar-refractivity contribution >= 4 is 11.8 Å². The van der Waals surface area contributed by atoms with Crippen molar-refractivity contribution in [1.29, 1.82) is 0 Å². The Morgan fingerprint density at radius 2 is 1.80 bits per heavy atom. The van der Waals surface area contributed by atoms with Gasteiger partial charge in [0.05, 0.1) is 19.1 Å². The highest BCUT2D eigenvalue weighted by Gasteiger charge is 2.50. The standard InChI is InChI=1S/C19H26N2O4/c1-3-24-14-8-7-13(10-15(14)25-4-2)19(23)21-17-12-6-5-11(9-12)16(17)18(20)22/h7-8,10-12,16-17H,3-6,9H2,1-2H3,(H2,20,22)(H,21,23)/t11-,12-,16+,17-/m0/s1. The van der Waals surface area contributed by atoms with E-state index in [0.717, 1.165) is 19.3 Å². The Bertz CT molecular complexity index is 661. The SMILES string of the molecule is CCOc1ccc(C(=O)N[C@H]2[C@H]3CC[C@@H](C3)[C@H]2C(N)=O)cc1OCC. The number of benzene rings is 1. The summed E-state index contributed by atoms with van der Waals surface area (Å²) in [7, 11) is 0. The van der Waals surface area contributed by atoms with Crippen molar-refractivity contribution < 1.29 is 19.1 Å². The van der Waals surface area contributed by atoms with Crippen molar-refractivity contribution in [2.24, 2.45) is 23.5 Å². The number of rotatable bonds is 7. The third-order valence-electron chi connectivity index (χ3n) is 5.35. The molecule has 6 nitrogen and oxygen atoms in total. The van der Waals surface area contributed by atoms with Crippen LogP contribution in [-0.2, 0) is 4.79 Å². The molecule has 0 heterocycles. The molecule has 2 aliphatic carbocycles. The van der Waals surface area contributed by atoms with Gasteiger partial charge in [-0.3, -0.25) is 9.59 Å². The minimum atomic E-state index is -0.306. The first-order valence-electron chi connectivity index (χ1n) is 9.05. The molecule has 25 heavy (non-hydrogen) atoms. The predicted molar refractivity (Wildman–Crippen MR) is 93.5 cm³/mol. The van der Waals surface area contributed by atoms with E-state index in [1.165, 1.54) is 0 Å². The molecule has 2 amide bonds. The zero-order valence-electron chi connectivity index (χ0n) is 14.8. The van der Waals surface area contributed by atoms with Crippen LogP contribution in [0.2, 0.25) is 0 Å². The summed E-state index contributed by atoms with van der Waals surface area (Å²) in [6, 6.07) is 4.99. The van der Waals surface area contributed by atoms with E-state index in [2.05, 4.69) is 5.32 Å². The smallest absolute Gasteiger partial charge is 0.251 e. The average molecular weight is 346 g/mol. The number of fused-ring (bicyclic) bond motifs is 2. The van der Waals surface area contributed by atoms with Crippen molar-refractivity contribution in [3.8, 4) is 11.5 Å². The lowest BCUT2D eigenvalue weighted by Crippen LogP contribution is -2.48. The van der Waals surface area contributed by atoms with Gasteiger partial charge < -0.3 is 20.5 Å². The van der Waals surface area contributed by atoms with Crippen molar-refractivity contribution in [3.63, 3.8) is 0 Å². The van der Waals surface area contributed by atoms with Gasteiger partial charge in [0.1, 0.15) is 0 Å². The lowest BCUT2D eigenvalue weighted by atomic mass is 9.84. The summed E-state index contributed by atoms with van der Waals surface area (Å²) < 4.78 is 11.1. The maximum absolute atomic E-state index is 12.7. The van der Waals surface area contributed by atoms with Crippen LogP contribution < -0.4 is 20.5 Å². The number of hydrogen-bond donors (Lipinski definition) is 2. The quantitative estimate of drug-likeness (QED) is 0.791. The lowest BCUT2D eigenvalue weighted by Gasteiger charge is -2.29. The second-order valence-corrected chi connectivity index (χ2v) is 6.79. The van der Waals surface area contributed by atoms with Crippen molar-refractivity contribution in [1.82, 2.24) is 5.32 Å². The van der Waals surface area contributed by atoms with Crippen LogP contribution in [0.3, 0.4) is 0 Å². The maximum atomic E-state index is 12.7. The van der Waals surface area contributed by atoms with E-state index in [1.54, 1.807) is 18.2 Å². The van der Waals surface area contributed by atoms with E-state index in [9.17, 15) is 9.59 Å². The molecule has 2 aliphatic rings. The molecule has 2 fully saturated rings. The molecule has 0 radical (unpaired) electrons. The van der Waals surface area contributed by atoms with E-state index < -0.39 is 0 Å². The van der Waals surface area contributed by atoms with Gasteiger partial charge in [-0.05, 0) is 63.1 Å². The summed E-state index contributed by atoms with van der Waals surface area (Å²) in [4.78, 5) is 24.5. The Hall–Kier alpha value is -2.24. The van der Waals surface area contributed by atoms with Gasteiger partial charge in [0, 0.05) is 11.6 Å². The van der Waals surface area contributed by atoms with E-state index in [-0.39, 0.29) is 23.8 Å². The molecule has 3 N–H and O–H groups in total. The van der Waals surface area contributed by atoms with Gasteiger partial charge in [-0.25, -0.2) is 0 Å². The Labute approximate surface area is 148 Å². The van der Waals surface area contributed by atoms with Crippen LogP contribution in [0.4, 0.5) is 0 Å². The summed E-state index contributed by atoms with van der Waals surface area (Å²) >= 11 is 0. The number of carbonyl (C=O) groups is 2. The van der Waals surface area contributed by atoms with Gasteiger partial charge in [0.15, 0.2) is 11.5 Å². The molecular weight excluding hydrogens is 320 g/mol. The number of nitrogens with two attached hydrogens (primary N) is 1. The fraction of sp³-hybridized carbons (Fsp3) is 0.579. The van der Waals surface area contributed by atoms with Crippen LogP contribution in [0.25, 0.3) is 0 Å². The average Bonchev–Trinajstić information content (AvgIpc) is 3.18. The van der Waals surface area contributed by atoms with Crippen LogP contribution in [0.5, 0.6) is 11.5 Å². The largest absolute Gasteiger partial charge is 0.490 e. The van der Waals surface area contributed by atoms with Gasteiger partial charge >= 0.3 is 0 Å². The predicted octanol–water partition coefficient (Wildman–Crippen LogP) is 2.11. The molecule has 136 valence electrons. The number of ether oxygens (including phenoxy) is 2. The summed E-state index contributed by atoms with van der Waals surface area (Å²) in [6.45, 7) is 4.79. The number of nitrogens with one attached hydrogen (secondary N) is 1. The first-order valence-corrected chi connectivity index (χ1v) is 9.05. The third-order valence-corrected chi connectivity index (χ3v) is 5.35. The molecule has 1 aromatic rings. The van der Waals surface area contributed by atoms with Gasteiger partial charge in [0.25, 0.3) is 5.91 Å². The Morgan fingerprint density at radius 1 is 1.12 bits per heavy atom. The van der Waals surface area contributed by atoms with Crippen LogP contribution in [-0.4, -0.2) is 31.1 Å². The zero-order valence-corrected chi connectivity index (χ0v) is 14.8. The second-order valence-electron chi connectivity index (χ2n) is 6.79. The van der Waals surface area contributed by atoms with Gasteiger partial charge in [-0.15, -0.1) is 0 Å². The van der Waals surface area contributed by atoms with E-state index in [1.807, 2.05) is 13.8 Å². The summed E-state index contributed by atoms with van der Waals surface area (Å²) in [5.74, 6) is 1.07. The number of hydrogen-bond acceptors (Lipinski definition) is 4. The summed E-state index contributed by atoms with van der Waals surface area (Å²) in [6.07, 6.45) is 3.06. The molecule has 2 saturated carbocycles. The van der Waals surface area contributed by atoms with Gasteiger partial charge in [-0.2, -0.15) is 0 Å². The molecule has 6 heteroatoms. The van der Waals surface area contributed by atoms with Crippen molar-refractivity contribution in [3.05, 3.63) is 23.8 Å². The second kappa shape index (κ2) is 7.33. The van der Waals surface area contributed by atoms with Crippen LogP contribution >= 0.6 is 0 Å². The van der Waals surface area contributed by atoms with Gasteiger partial charge in [-0.1, -0.05) is 0 Å². The summed E-state index contributed by atoms with van der Waals surface area (Å²) in [5, 5.41) is 3.04. The molecule has 1 aromatic carbocycles. The van der Waals surface area contributed by atoms with Gasteiger partial charge in [0.2, 0.25) is 5.91 Å². The minimum absolute atomic E-state index is 0.161. The van der Waals surface area contributed by atoms with E-state index in [0.29, 0.717) is 42.1 Å². The molecular formula is C19H26N2O4. The van der Waals surface area contributed by atoms with E-state index in [4.69, 9.17) is 15.2 Å². The third kappa shape index (κ3) is 3.43. The topological polar surface area (TPSA) is 90.6 Å².